The van der Waals surface area contributed by atoms with Gasteiger partial charge in [-0.3, -0.25) is 4.68 Å². The highest BCUT2D eigenvalue weighted by Crippen LogP contribution is 2.10. The fourth-order valence-corrected chi connectivity index (χ4v) is 1.92. The van der Waals surface area contributed by atoms with Crippen molar-refractivity contribution in [3.63, 3.8) is 0 Å². The molecule has 0 amide bonds. The van der Waals surface area contributed by atoms with Gasteiger partial charge in [0, 0.05) is 24.6 Å². The molecule has 2 rings (SSSR count). The highest BCUT2D eigenvalue weighted by Gasteiger charge is 1.96. The van der Waals surface area contributed by atoms with Gasteiger partial charge in [0.25, 0.3) is 0 Å². The normalized spacial score (nSPS) is 10.5. The molecule has 96 valence electrons. The van der Waals surface area contributed by atoms with Gasteiger partial charge in [-0.2, -0.15) is 5.10 Å². The number of unbranched alkanes of at least 4 members (excludes halogenated alkanes) is 2. The molecule has 1 aromatic heterocycles. The summed E-state index contributed by atoms with van der Waals surface area (Å²) in [6, 6.07) is 10.5. The lowest BCUT2D eigenvalue weighted by Gasteiger charge is -2.07. The number of nitrogens with zero attached hydrogens (tertiary/aromatic N) is 2. The number of anilines is 1. The van der Waals surface area contributed by atoms with Gasteiger partial charge in [-0.15, -0.1) is 0 Å². The Morgan fingerprint density at radius 1 is 1.17 bits per heavy atom. The topological polar surface area (TPSA) is 29.9 Å². The molecule has 0 saturated carbocycles. The number of nitrogens with one attached hydrogen (secondary N) is 1. The molecule has 0 aliphatic carbocycles. The molecule has 0 aliphatic heterocycles. The average Bonchev–Trinajstić information content (AvgIpc) is 2.89. The maximum Gasteiger partial charge on any atom is 0.0659 e. The molecular weight excluding hydrogens is 222 g/mol. The number of hydrogen-bond acceptors (Lipinski definition) is 2. The maximum absolute atomic E-state index is 4.21. The molecule has 1 heterocycles. The quantitative estimate of drug-likeness (QED) is 0.754. The van der Waals surface area contributed by atoms with Crippen LogP contribution in [0.1, 0.15) is 31.7 Å². The van der Waals surface area contributed by atoms with E-state index < -0.39 is 0 Å². The highest BCUT2D eigenvalue weighted by molar-refractivity contribution is 5.44. The zero-order chi connectivity index (χ0) is 12.6. The minimum absolute atomic E-state index is 0.836. The molecule has 1 N–H and O–H groups in total. The van der Waals surface area contributed by atoms with E-state index in [1.807, 2.05) is 23.1 Å². The zero-order valence-electron chi connectivity index (χ0n) is 11.0. The van der Waals surface area contributed by atoms with Crippen molar-refractivity contribution in [1.82, 2.24) is 9.78 Å². The third kappa shape index (κ3) is 3.91. The van der Waals surface area contributed by atoms with Crippen LogP contribution < -0.4 is 5.32 Å². The van der Waals surface area contributed by atoms with E-state index in [2.05, 4.69) is 41.6 Å². The van der Waals surface area contributed by atoms with Gasteiger partial charge in [0.15, 0.2) is 0 Å². The van der Waals surface area contributed by atoms with Crippen molar-refractivity contribution >= 4 is 5.69 Å². The van der Waals surface area contributed by atoms with Gasteiger partial charge in [-0.05, 0) is 30.2 Å². The van der Waals surface area contributed by atoms with E-state index in [0.717, 1.165) is 13.1 Å². The molecule has 1 aromatic carbocycles. The lowest BCUT2D eigenvalue weighted by atomic mass is 10.2. The van der Waals surface area contributed by atoms with Crippen LogP contribution in [0.4, 0.5) is 5.69 Å². The predicted octanol–water partition coefficient (Wildman–Crippen LogP) is 3.53. The first kappa shape index (κ1) is 12.7. The van der Waals surface area contributed by atoms with Gasteiger partial charge < -0.3 is 5.32 Å². The summed E-state index contributed by atoms with van der Waals surface area (Å²) in [7, 11) is 0. The second kappa shape index (κ2) is 6.84. The summed E-state index contributed by atoms with van der Waals surface area (Å²) in [6.45, 7) is 4.12. The molecule has 0 fully saturated rings. The first-order chi connectivity index (χ1) is 8.88. The Morgan fingerprint density at radius 3 is 2.67 bits per heavy atom. The Balaban J connectivity index is 1.82. The Morgan fingerprint density at radius 2 is 2.00 bits per heavy atom. The minimum atomic E-state index is 0.836. The molecule has 0 atom stereocenters. The predicted molar refractivity (Wildman–Crippen MR) is 75.8 cm³/mol. The lowest BCUT2D eigenvalue weighted by Crippen LogP contribution is -2.02. The lowest BCUT2D eigenvalue weighted by molar-refractivity contribution is 0.687. The second-order valence-electron chi connectivity index (χ2n) is 4.53. The standard InChI is InChI=1S/C15H21N3/c1-2-3-4-10-16-15-8-6-14(7-9-15)13-18-12-5-11-17-18/h5-9,11-12,16H,2-4,10,13H2,1H3. The van der Waals surface area contributed by atoms with Crippen LogP contribution in [-0.2, 0) is 6.54 Å². The Hall–Kier alpha value is -1.77. The third-order valence-corrected chi connectivity index (χ3v) is 2.97. The van der Waals surface area contributed by atoms with Crippen LogP contribution in [0.2, 0.25) is 0 Å². The summed E-state index contributed by atoms with van der Waals surface area (Å²) in [5.74, 6) is 0. The summed E-state index contributed by atoms with van der Waals surface area (Å²) in [6.07, 6.45) is 7.60. The maximum atomic E-state index is 4.21. The van der Waals surface area contributed by atoms with Crippen molar-refractivity contribution in [3.8, 4) is 0 Å². The van der Waals surface area contributed by atoms with E-state index in [1.165, 1.54) is 30.5 Å². The molecule has 2 aromatic rings. The van der Waals surface area contributed by atoms with E-state index in [1.54, 1.807) is 0 Å². The van der Waals surface area contributed by atoms with Gasteiger partial charge in [-0.1, -0.05) is 31.9 Å². The number of rotatable bonds is 7. The molecule has 0 radical (unpaired) electrons. The smallest absolute Gasteiger partial charge is 0.0659 e. The Labute approximate surface area is 109 Å². The Kier molecular flexibility index (Phi) is 4.82. The van der Waals surface area contributed by atoms with Crippen LogP contribution in [0.25, 0.3) is 0 Å². The van der Waals surface area contributed by atoms with Gasteiger partial charge in [0.2, 0.25) is 0 Å². The van der Waals surface area contributed by atoms with Crippen LogP contribution in [0, 0.1) is 0 Å². The zero-order valence-corrected chi connectivity index (χ0v) is 11.0. The molecule has 3 nitrogen and oxygen atoms in total. The molecule has 0 spiro atoms. The van der Waals surface area contributed by atoms with Crippen molar-refractivity contribution in [2.45, 2.75) is 32.7 Å². The van der Waals surface area contributed by atoms with Gasteiger partial charge in [0.1, 0.15) is 0 Å². The van der Waals surface area contributed by atoms with Crippen LogP contribution in [-0.4, -0.2) is 16.3 Å². The largest absolute Gasteiger partial charge is 0.385 e. The van der Waals surface area contributed by atoms with Gasteiger partial charge >= 0.3 is 0 Å². The van der Waals surface area contributed by atoms with Crippen LogP contribution in [0.5, 0.6) is 0 Å². The number of aromatic nitrogens is 2. The Bertz CT molecular complexity index is 431. The van der Waals surface area contributed by atoms with E-state index in [9.17, 15) is 0 Å². The van der Waals surface area contributed by atoms with E-state index in [0.29, 0.717) is 0 Å². The molecule has 3 heteroatoms. The number of benzene rings is 1. The SMILES string of the molecule is CCCCCNc1ccc(Cn2cccn2)cc1. The summed E-state index contributed by atoms with van der Waals surface area (Å²) in [4.78, 5) is 0. The van der Waals surface area contributed by atoms with Gasteiger partial charge in [-0.25, -0.2) is 0 Å². The fourth-order valence-electron chi connectivity index (χ4n) is 1.92. The molecule has 0 unspecified atom stereocenters. The summed E-state index contributed by atoms with van der Waals surface area (Å²) < 4.78 is 1.93. The van der Waals surface area contributed by atoms with Crippen molar-refractivity contribution in [1.29, 1.82) is 0 Å². The van der Waals surface area contributed by atoms with Crippen LogP contribution >= 0.6 is 0 Å². The third-order valence-electron chi connectivity index (χ3n) is 2.97. The fraction of sp³-hybridized carbons (Fsp3) is 0.400. The monoisotopic (exact) mass is 243 g/mol. The molecule has 0 saturated heterocycles. The molecule has 0 aliphatic rings. The first-order valence-corrected chi connectivity index (χ1v) is 6.68. The molecule has 0 bridgehead atoms. The van der Waals surface area contributed by atoms with Crippen molar-refractivity contribution < 1.29 is 0 Å². The van der Waals surface area contributed by atoms with Crippen LogP contribution in [0.3, 0.4) is 0 Å². The summed E-state index contributed by atoms with van der Waals surface area (Å²) >= 11 is 0. The van der Waals surface area contributed by atoms with E-state index >= 15 is 0 Å². The summed E-state index contributed by atoms with van der Waals surface area (Å²) in [5.41, 5.74) is 2.48. The van der Waals surface area contributed by atoms with Crippen molar-refractivity contribution in [3.05, 3.63) is 48.3 Å². The van der Waals surface area contributed by atoms with Crippen LogP contribution in [0.15, 0.2) is 42.7 Å². The average molecular weight is 243 g/mol. The van der Waals surface area contributed by atoms with Crippen molar-refractivity contribution in [2.24, 2.45) is 0 Å². The van der Waals surface area contributed by atoms with Gasteiger partial charge in [0.05, 0.1) is 6.54 Å². The van der Waals surface area contributed by atoms with E-state index in [4.69, 9.17) is 0 Å². The molecular formula is C15H21N3. The van der Waals surface area contributed by atoms with E-state index in [-0.39, 0.29) is 0 Å². The highest BCUT2D eigenvalue weighted by atomic mass is 15.3. The first-order valence-electron chi connectivity index (χ1n) is 6.68. The number of hydrogen-bond donors (Lipinski definition) is 1. The summed E-state index contributed by atoms with van der Waals surface area (Å²) in [5, 5.41) is 7.65. The molecule has 18 heavy (non-hydrogen) atoms. The van der Waals surface area contributed by atoms with Crippen molar-refractivity contribution in [2.75, 3.05) is 11.9 Å². The minimum Gasteiger partial charge on any atom is -0.385 e. The second-order valence-corrected chi connectivity index (χ2v) is 4.53.